The van der Waals surface area contributed by atoms with Gasteiger partial charge in [-0.15, -0.1) is 0 Å². The van der Waals surface area contributed by atoms with Crippen molar-refractivity contribution in [2.75, 3.05) is 0 Å². The fraction of sp³-hybridized carbons (Fsp3) is 0.0189. The van der Waals surface area contributed by atoms with Crippen LogP contribution in [0.1, 0.15) is 22.3 Å². The monoisotopic (exact) mass is 714 g/mol. The van der Waals surface area contributed by atoms with Gasteiger partial charge in [0, 0.05) is 27.5 Å². The number of furan rings is 1. The Morgan fingerprint density at radius 3 is 1.70 bits per heavy atom. The third-order valence-electron chi connectivity index (χ3n) is 11.4. The molecular weight excluding hydrogens is 681 g/mol. The van der Waals surface area contributed by atoms with Crippen LogP contribution in [-0.2, 0) is 5.41 Å². The molecule has 0 unspecified atom stereocenters. The van der Waals surface area contributed by atoms with Crippen molar-refractivity contribution in [2.24, 2.45) is 0 Å². The van der Waals surface area contributed by atoms with Gasteiger partial charge in [-0.05, 0) is 62.7 Å². The van der Waals surface area contributed by atoms with E-state index in [0.717, 1.165) is 55.6 Å². The maximum absolute atomic E-state index is 6.47. The second kappa shape index (κ2) is 12.9. The van der Waals surface area contributed by atoms with Gasteiger partial charge in [0.05, 0.1) is 16.8 Å². The van der Waals surface area contributed by atoms with Gasteiger partial charge in [-0.25, -0.2) is 9.97 Å². The summed E-state index contributed by atoms with van der Waals surface area (Å²) in [4.78, 5) is 10.3. The summed E-state index contributed by atoms with van der Waals surface area (Å²) in [5.41, 5.74) is 15.9. The molecule has 0 bridgehead atoms. The van der Waals surface area contributed by atoms with E-state index in [2.05, 4.69) is 176 Å². The average Bonchev–Trinajstić information content (AvgIpc) is 3.82. The Morgan fingerprint density at radius 1 is 0.375 bits per heavy atom. The van der Waals surface area contributed by atoms with Crippen molar-refractivity contribution < 1.29 is 4.42 Å². The third-order valence-corrected chi connectivity index (χ3v) is 11.4. The second-order valence-electron chi connectivity index (χ2n) is 14.4. The van der Waals surface area contributed by atoms with Crippen LogP contribution in [0.4, 0.5) is 0 Å². The molecule has 56 heavy (non-hydrogen) atoms. The molecule has 0 amide bonds. The van der Waals surface area contributed by atoms with E-state index in [1.807, 2.05) is 30.3 Å². The van der Waals surface area contributed by atoms with Gasteiger partial charge in [0.1, 0.15) is 11.2 Å². The molecule has 0 atom stereocenters. The van der Waals surface area contributed by atoms with Crippen LogP contribution >= 0.6 is 0 Å². The molecule has 0 N–H and O–H groups in total. The predicted molar refractivity (Wildman–Crippen MR) is 228 cm³/mol. The molecule has 3 nitrogen and oxygen atoms in total. The van der Waals surface area contributed by atoms with Gasteiger partial charge in [0.25, 0.3) is 0 Å². The first-order valence-corrected chi connectivity index (χ1v) is 19.1. The summed E-state index contributed by atoms with van der Waals surface area (Å²) in [5.74, 6) is 0.672. The molecule has 262 valence electrons. The molecule has 2 heterocycles. The Kier molecular flexibility index (Phi) is 7.39. The number of hydrogen-bond donors (Lipinski definition) is 0. The minimum absolute atomic E-state index is 0.446. The topological polar surface area (TPSA) is 38.9 Å². The van der Waals surface area contributed by atoms with E-state index in [1.165, 1.54) is 38.9 Å². The lowest BCUT2D eigenvalue weighted by molar-refractivity contribution is 0.670. The predicted octanol–water partition coefficient (Wildman–Crippen LogP) is 13.4. The smallest absolute Gasteiger partial charge is 0.160 e. The molecule has 0 saturated heterocycles. The lowest BCUT2D eigenvalue weighted by atomic mass is 9.67. The third kappa shape index (κ3) is 4.91. The Balaban J connectivity index is 1.07. The summed E-state index contributed by atoms with van der Waals surface area (Å²) in [7, 11) is 0. The molecule has 10 aromatic rings. The van der Waals surface area contributed by atoms with Crippen LogP contribution in [0.3, 0.4) is 0 Å². The molecule has 0 spiro atoms. The molecular formula is C53H34N2O. The van der Waals surface area contributed by atoms with Gasteiger partial charge >= 0.3 is 0 Å². The van der Waals surface area contributed by atoms with E-state index in [0.29, 0.717) is 5.82 Å². The van der Waals surface area contributed by atoms with Crippen LogP contribution < -0.4 is 0 Å². The maximum atomic E-state index is 6.47. The number of benzene rings is 8. The molecule has 0 saturated carbocycles. The fourth-order valence-corrected chi connectivity index (χ4v) is 8.95. The van der Waals surface area contributed by atoms with Crippen molar-refractivity contribution in [2.45, 2.75) is 5.41 Å². The van der Waals surface area contributed by atoms with E-state index in [4.69, 9.17) is 14.4 Å². The number of rotatable bonds is 6. The molecule has 0 aliphatic heterocycles. The first kappa shape index (κ1) is 32.1. The van der Waals surface area contributed by atoms with E-state index >= 15 is 0 Å². The zero-order chi connectivity index (χ0) is 37.1. The first-order valence-electron chi connectivity index (χ1n) is 19.1. The SMILES string of the molecule is c1ccc(-c2nc(-c3ccc(-c4cccc5c4-c4ccccc4C5(c4ccccc4)c4ccccc4)cc3)cc(-c3cccc4c3oc3ccccc34)n2)cc1. The minimum Gasteiger partial charge on any atom is -0.455 e. The first-order chi connectivity index (χ1) is 27.8. The van der Waals surface area contributed by atoms with E-state index in [-0.39, 0.29) is 0 Å². The average molecular weight is 715 g/mol. The van der Waals surface area contributed by atoms with Crippen LogP contribution in [-0.4, -0.2) is 9.97 Å². The highest BCUT2D eigenvalue weighted by atomic mass is 16.3. The maximum Gasteiger partial charge on any atom is 0.160 e. The molecule has 3 heteroatoms. The highest BCUT2D eigenvalue weighted by Crippen LogP contribution is 2.58. The van der Waals surface area contributed by atoms with Gasteiger partial charge < -0.3 is 4.42 Å². The number of aromatic nitrogens is 2. The largest absolute Gasteiger partial charge is 0.455 e. The van der Waals surface area contributed by atoms with Gasteiger partial charge in [-0.2, -0.15) is 0 Å². The molecule has 2 aromatic heterocycles. The van der Waals surface area contributed by atoms with E-state index < -0.39 is 5.41 Å². The van der Waals surface area contributed by atoms with Gasteiger partial charge in [0.2, 0.25) is 0 Å². The van der Waals surface area contributed by atoms with Crippen molar-refractivity contribution in [3.63, 3.8) is 0 Å². The standard InChI is InChI=1S/C53H34N2O/c1-4-16-37(17-5-1)52-54-47(34-48(55-52)44-26-14-25-42-41-22-11-13-29-49(41)56-51(42)44)36-32-30-35(31-33-36)40-24-15-28-46-50(40)43-23-10-12-27-45(43)53(46,38-18-6-2-7-19-38)39-20-8-3-9-21-39/h1-34H. The molecule has 1 aliphatic rings. The zero-order valence-electron chi connectivity index (χ0n) is 30.4. The molecule has 0 radical (unpaired) electrons. The Bertz CT molecular complexity index is 3020. The normalized spacial score (nSPS) is 12.8. The number of fused-ring (bicyclic) bond motifs is 6. The Labute approximate surface area is 325 Å². The van der Waals surface area contributed by atoms with Gasteiger partial charge in [0.15, 0.2) is 5.82 Å². The van der Waals surface area contributed by atoms with Crippen molar-refractivity contribution in [3.8, 4) is 56.2 Å². The second-order valence-corrected chi connectivity index (χ2v) is 14.4. The highest BCUT2D eigenvalue weighted by Gasteiger charge is 2.46. The van der Waals surface area contributed by atoms with Crippen LogP contribution in [0.25, 0.3) is 78.1 Å². The summed E-state index contributed by atoms with van der Waals surface area (Å²) >= 11 is 0. The minimum atomic E-state index is -0.446. The van der Waals surface area contributed by atoms with E-state index in [1.54, 1.807) is 0 Å². The van der Waals surface area contributed by atoms with Gasteiger partial charge in [-0.1, -0.05) is 188 Å². The van der Waals surface area contributed by atoms with Crippen molar-refractivity contribution in [1.82, 2.24) is 9.97 Å². The van der Waals surface area contributed by atoms with Crippen molar-refractivity contribution in [3.05, 3.63) is 229 Å². The van der Waals surface area contributed by atoms with Crippen LogP contribution in [0.15, 0.2) is 211 Å². The molecule has 8 aromatic carbocycles. The van der Waals surface area contributed by atoms with Crippen molar-refractivity contribution in [1.29, 1.82) is 0 Å². The lowest BCUT2D eigenvalue weighted by Crippen LogP contribution is -2.28. The van der Waals surface area contributed by atoms with Crippen LogP contribution in [0, 0.1) is 0 Å². The molecule has 0 fully saturated rings. The molecule has 1 aliphatic carbocycles. The zero-order valence-corrected chi connectivity index (χ0v) is 30.4. The lowest BCUT2D eigenvalue weighted by Gasteiger charge is -2.34. The summed E-state index contributed by atoms with van der Waals surface area (Å²) in [5, 5.41) is 2.17. The summed E-state index contributed by atoms with van der Waals surface area (Å²) in [6.07, 6.45) is 0. The summed E-state index contributed by atoms with van der Waals surface area (Å²) in [6.45, 7) is 0. The van der Waals surface area contributed by atoms with Gasteiger partial charge in [-0.3, -0.25) is 0 Å². The highest BCUT2D eigenvalue weighted by molar-refractivity contribution is 6.09. The van der Waals surface area contributed by atoms with Crippen LogP contribution in [0.5, 0.6) is 0 Å². The number of para-hydroxylation sites is 2. The molecule has 11 rings (SSSR count). The fourth-order valence-electron chi connectivity index (χ4n) is 8.95. The number of hydrogen-bond acceptors (Lipinski definition) is 3. The summed E-state index contributed by atoms with van der Waals surface area (Å²) in [6, 6.07) is 73.3. The Morgan fingerprint density at radius 2 is 0.929 bits per heavy atom. The Hall–Kier alpha value is -7.36. The number of nitrogens with zero attached hydrogens (tertiary/aromatic N) is 2. The van der Waals surface area contributed by atoms with Crippen LogP contribution in [0.2, 0.25) is 0 Å². The summed E-state index contributed by atoms with van der Waals surface area (Å²) < 4.78 is 6.47. The quantitative estimate of drug-likeness (QED) is 0.172. The van der Waals surface area contributed by atoms with E-state index in [9.17, 15) is 0 Å². The van der Waals surface area contributed by atoms with Crippen molar-refractivity contribution >= 4 is 21.9 Å².